The zero-order chi connectivity index (χ0) is 24.0. The van der Waals surface area contributed by atoms with Crippen molar-refractivity contribution in [3.05, 3.63) is 0 Å². The van der Waals surface area contributed by atoms with Crippen LogP contribution in [0.3, 0.4) is 0 Å². The Labute approximate surface area is 204 Å². The third-order valence-electron chi connectivity index (χ3n) is 6.89. The van der Waals surface area contributed by atoms with Crippen LogP contribution < -0.4 is 0 Å². The van der Waals surface area contributed by atoms with Crippen molar-refractivity contribution in [2.75, 3.05) is 26.2 Å². The number of rotatable bonds is 25. The van der Waals surface area contributed by atoms with Gasteiger partial charge in [0.2, 0.25) is 0 Å². The highest BCUT2D eigenvalue weighted by atomic mass is 16.5. The summed E-state index contributed by atoms with van der Waals surface area (Å²) in [5.41, 5.74) is 0. The van der Waals surface area contributed by atoms with Crippen molar-refractivity contribution < 1.29 is 19.4 Å². The number of nitrogens with zero attached hydrogens (tertiary/aromatic N) is 1. The number of esters is 1. The maximum absolute atomic E-state index is 12.0. The van der Waals surface area contributed by atoms with Crippen LogP contribution in [-0.2, 0) is 14.3 Å². The first-order valence-corrected chi connectivity index (χ1v) is 14.2. The van der Waals surface area contributed by atoms with Crippen LogP contribution in [0.1, 0.15) is 129 Å². The molecule has 0 aromatic heterocycles. The molecule has 0 heterocycles. The second kappa shape index (κ2) is 21.6. The van der Waals surface area contributed by atoms with E-state index in [1.807, 2.05) is 0 Å². The predicted molar refractivity (Wildman–Crippen MR) is 136 cm³/mol. The van der Waals surface area contributed by atoms with Crippen molar-refractivity contribution >= 4 is 12.3 Å². The summed E-state index contributed by atoms with van der Waals surface area (Å²) in [6.45, 7) is 5.34. The van der Waals surface area contributed by atoms with E-state index in [2.05, 4.69) is 11.8 Å². The Morgan fingerprint density at radius 2 is 1.45 bits per heavy atom. The summed E-state index contributed by atoms with van der Waals surface area (Å²) in [7, 11) is 0. The Hall–Kier alpha value is -0.940. The van der Waals surface area contributed by atoms with Gasteiger partial charge in [-0.2, -0.15) is 0 Å². The number of hydrogen-bond acceptors (Lipinski definition) is 5. The lowest BCUT2D eigenvalue weighted by Crippen LogP contribution is -2.29. The molecule has 1 aliphatic rings. The summed E-state index contributed by atoms with van der Waals surface area (Å²) in [6.07, 6.45) is 22.7. The number of unbranched alkanes of at least 4 members (excludes halogenated alkanes) is 13. The number of carbonyl (C=O) groups excluding carboxylic acids is 2. The van der Waals surface area contributed by atoms with Crippen LogP contribution >= 0.6 is 0 Å². The van der Waals surface area contributed by atoms with Crippen molar-refractivity contribution in [2.45, 2.75) is 135 Å². The first kappa shape index (κ1) is 30.1. The molecule has 0 spiro atoms. The van der Waals surface area contributed by atoms with Gasteiger partial charge in [-0.15, -0.1) is 0 Å². The lowest BCUT2D eigenvalue weighted by atomic mass is 10.1. The van der Waals surface area contributed by atoms with E-state index in [-0.39, 0.29) is 18.7 Å². The molecule has 0 aromatic carbocycles. The average Bonchev–Trinajstić information content (AvgIpc) is 3.54. The van der Waals surface area contributed by atoms with E-state index in [1.54, 1.807) is 0 Å². The van der Waals surface area contributed by atoms with Crippen LogP contribution in [0, 0.1) is 5.92 Å². The molecule has 0 amide bonds. The van der Waals surface area contributed by atoms with Crippen LogP contribution in [-0.4, -0.2) is 54.6 Å². The molecule has 1 fully saturated rings. The molecule has 1 saturated carbocycles. The molecule has 1 rings (SSSR count). The Kier molecular flexibility index (Phi) is 19.7. The lowest BCUT2D eigenvalue weighted by molar-refractivity contribution is -0.145. The van der Waals surface area contributed by atoms with E-state index in [1.165, 1.54) is 70.6 Å². The number of hydrogen-bond donors (Lipinski definition) is 1. The van der Waals surface area contributed by atoms with E-state index in [4.69, 9.17) is 4.74 Å². The zero-order valence-corrected chi connectivity index (χ0v) is 21.6. The molecular formula is C28H53NO4. The minimum Gasteiger partial charge on any atom is -0.462 e. The van der Waals surface area contributed by atoms with Crippen molar-refractivity contribution in [3.63, 3.8) is 0 Å². The van der Waals surface area contributed by atoms with E-state index < -0.39 is 0 Å². The van der Waals surface area contributed by atoms with Crippen molar-refractivity contribution in [3.8, 4) is 0 Å². The fourth-order valence-electron chi connectivity index (χ4n) is 4.61. The van der Waals surface area contributed by atoms with Crippen molar-refractivity contribution in [1.29, 1.82) is 0 Å². The van der Waals surface area contributed by atoms with Gasteiger partial charge in [0.1, 0.15) is 12.4 Å². The first-order valence-electron chi connectivity index (χ1n) is 14.2. The molecule has 33 heavy (non-hydrogen) atoms. The molecule has 5 nitrogen and oxygen atoms in total. The third-order valence-corrected chi connectivity index (χ3v) is 6.89. The molecule has 194 valence electrons. The second-order valence-corrected chi connectivity index (χ2v) is 10.0. The van der Waals surface area contributed by atoms with Gasteiger partial charge in [-0.3, -0.25) is 4.79 Å². The average molecular weight is 468 g/mol. The Morgan fingerprint density at radius 1 is 0.848 bits per heavy atom. The Balaban J connectivity index is 1.92. The summed E-state index contributed by atoms with van der Waals surface area (Å²) >= 11 is 0. The smallest absolute Gasteiger partial charge is 0.306 e. The van der Waals surface area contributed by atoms with Crippen LogP contribution in [0.15, 0.2) is 0 Å². The maximum Gasteiger partial charge on any atom is 0.306 e. The van der Waals surface area contributed by atoms with Gasteiger partial charge < -0.3 is 19.5 Å². The molecule has 1 N–H and O–H groups in total. The molecule has 0 aliphatic heterocycles. The van der Waals surface area contributed by atoms with Crippen LogP contribution in [0.2, 0.25) is 0 Å². The minimum atomic E-state index is 0.00811. The SMILES string of the molecule is CCCCCCCC1CC1OC(=O)CCCCCCCN(CCO)CCCCCCCC=O. The molecule has 1 aliphatic carbocycles. The van der Waals surface area contributed by atoms with Gasteiger partial charge in [0.25, 0.3) is 0 Å². The summed E-state index contributed by atoms with van der Waals surface area (Å²) in [6, 6.07) is 0. The van der Waals surface area contributed by atoms with E-state index in [9.17, 15) is 14.7 Å². The van der Waals surface area contributed by atoms with Gasteiger partial charge in [0, 0.05) is 19.4 Å². The van der Waals surface area contributed by atoms with E-state index in [0.717, 1.165) is 64.4 Å². The summed E-state index contributed by atoms with van der Waals surface area (Å²) in [5, 5.41) is 9.30. The van der Waals surface area contributed by atoms with Gasteiger partial charge in [0.05, 0.1) is 6.61 Å². The molecule has 0 bridgehead atoms. The standard InChI is InChI=1S/C28H53NO4/c1-2-3-4-8-13-18-26-25-27(26)33-28(32)19-14-9-7-11-16-21-29(22-24-31)20-15-10-5-6-12-17-23-30/h23,26-27,31H,2-22,24-25H2,1H3. The van der Waals surface area contributed by atoms with E-state index in [0.29, 0.717) is 18.8 Å². The van der Waals surface area contributed by atoms with Gasteiger partial charge >= 0.3 is 5.97 Å². The summed E-state index contributed by atoms with van der Waals surface area (Å²) < 4.78 is 5.63. The fraction of sp³-hybridized carbons (Fsp3) is 0.929. The molecular weight excluding hydrogens is 414 g/mol. The van der Waals surface area contributed by atoms with E-state index >= 15 is 0 Å². The Bertz CT molecular complexity index is 471. The number of aliphatic hydroxyl groups is 1. The molecule has 2 unspecified atom stereocenters. The van der Waals surface area contributed by atoms with Crippen LogP contribution in [0.25, 0.3) is 0 Å². The number of carbonyl (C=O) groups is 2. The topological polar surface area (TPSA) is 66.8 Å². The number of aldehydes is 1. The normalized spacial score (nSPS) is 17.4. The largest absolute Gasteiger partial charge is 0.462 e. The van der Waals surface area contributed by atoms with Crippen molar-refractivity contribution in [2.24, 2.45) is 5.92 Å². The van der Waals surface area contributed by atoms with Crippen molar-refractivity contribution in [1.82, 2.24) is 4.90 Å². The molecule has 0 aromatic rings. The monoisotopic (exact) mass is 467 g/mol. The molecule has 0 saturated heterocycles. The molecule has 5 heteroatoms. The van der Waals surface area contributed by atoms with Crippen LogP contribution in [0.5, 0.6) is 0 Å². The van der Waals surface area contributed by atoms with Gasteiger partial charge in [0.15, 0.2) is 0 Å². The third kappa shape index (κ3) is 18.1. The highest BCUT2D eigenvalue weighted by Gasteiger charge is 2.39. The summed E-state index contributed by atoms with van der Waals surface area (Å²) in [5.74, 6) is 0.647. The Morgan fingerprint density at radius 3 is 2.12 bits per heavy atom. The zero-order valence-electron chi connectivity index (χ0n) is 21.6. The van der Waals surface area contributed by atoms with Gasteiger partial charge in [-0.1, -0.05) is 77.6 Å². The minimum absolute atomic E-state index is 0.00811. The van der Waals surface area contributed by atoms with Gasteiger partial charge in [-0.25, -0.2) is 0 Å². The number of ether oxygens (including phenoxy) is 1. The highest BCUT2D eigenvalue weighted by molar-refractivity contribution is 5.69. The van der Waals surface area contributed by atoms with Crippen LogP contribution in [0.4, 0.5) is 0 Å². The molecule has 2 atom stereocenters. The first-order chi connectivity index (χ1) is 16.2. The quantitative estimate of drug-likeness (QED) is 0.0949. The lowest BCUT2D eigenvalue weighted by Gasteiger charge is -2.21. The number of aliphatic hydroxyl groups excluding tert-OH is 1. The highest BCUT2D eigenvalue weighted by Crippen LogP contribution is 2.38. The second-order valence-electron chi connectivity index (χ2n) is 10.0. The molecule has 0 radical (unpaired) electrons. The predicted octanol–water partition coefficient (Wildman–Crippen LogP) is 6.45. The van der Waals surface area contributed by atoms with Gasteiger partial charge in [-0.05, 0) is 57.5 Å². The fourth-order valence-corrected chi connectivity index (χ4v) is 4.61. The summed E-state index contributed by atoms with van der Waals surface area (Å²) in [4.78, 5) is 24.7. The maximum atomic E-state index is 12.0.